The van der Waals surface area contributed by atoms with Crippen LogP contribution in [0.3, 0.4) is 0 Å². The second kappa shape index (κ2) is 6.10. The summed E-state index contributed by atoms with van der Waals surface area (Å²) in [5.74, 6) is 1.92. The summed E-state index contributed by atoms with van der Waals surface area (Å²) in [7, 11) is 0. The van der Waals surface area contributed by atoms with Gasteiger partial charge in [-0.2, -0.15) is 4.98 Å². The van der Waals surface area contributed by atoms with E-state index >= 15 is 0 Å². The van der Waals surface area contributed by atoms with Crippen LogP contribution in [0.1, 0.15) is 30.0 Å². The van der Waals surface area contributed by atoms with Crippen molar-refractivity contribution in [2.75, 3.05) is 23.8 Å². The van der Waals surface area contributed by atoms with Gasteiger partial charge in [0, 0.05) is 24.2 Å². The Morgan fingerprint density at radius 3 is 2.62 bits per heavy atom. The fourth-order valence-electron chi connectivity index (χ4n) is 2.15. The van der Waals surface area contributed by atoms with Crippen LogP contribution in [0.2, 0.25) is 0 Å². The summed E-state index contributed by atoms with van der Waals surface area (Å²) < 4.78 is 0. The lowest BCUT2D eigenvalue weighted by Crippen LogP contribution is -2.10. The van der Waals surface area contributed by atoms with Crippen LogP contribution in [0.15, 0.2) is 30.3 Å². The first-order valence-electron chi connectivity index (χ1n) is 7.32. The fraction of sp³-hybridized carbons (Fsp3) is 0.375. The maximum absolute atomic E-state index is 8.92. The highest BCUT2D eigenvalue weighted by Gasteiger charge is 2.26. The molecule has 5 nitrogen and oxygen atoms in total. The van der Waals surface area contributed by atoms with Gasteiger partial charge in [0.05, 0.1) is 12.3 Å². The van der Waals surface area contributed by atoms with E-state index in [1.165, 1.54) is 18.4 Å². The third-order valence-corrected chi connectivity index (χ3v) is 3.46. The van der Waals surface area contributed by atoms with Gasteiger partial charge in [-0.05, 0) is 31.9 Å². The van der Waals surface area contributed by atoms with Crippen molar-refractivity contribution in [2.24, 2.45) is 0 Å². The predicted octanol–water partition coefficient (Wildman–Crippen LogP) is 2.81. The van der Waals surface area contributed by atoms with Crippen molar-refractivity contribution >= 4 is 17.5 Å². The summed E-state index contributed by atoms with van der Waals surface area (Å²) in [6.07, 6.45) is 2.39. The van der Waals surface area contributed by atoms with E-state index in [0.717, 1.165) is 17.2 Å². The molecule has 1 heterocycles. The minimum Gasteiger partial charge on any atom is -0.395 e. The highest BCUT2D eigenvalue weighted by molar-refractivity contribution is 5.58. The van der Waals surface area contributed by atoms with Crippen molar-refractivity contribution in [3.8, 4) is 0 Å². The van der Waals surface area contributed by atoms with Crippen molar-refractivity contribution in [2.45, 2.75) is 25.7 Å². The molecule has 0 aliphatic heterocycles. The number of nitrogens with zero attached hydrogens (tertiary/aromatic N) is 2. The molecule has 0 unspecified atom stereocenters. The van der Waals surface area contributed by atoms with Gasteiger partial charge in [-0.3, -0.25) is 0 Å². The third-order valence-electron chi connectivity index (χ3n) is 3.46. The smallest absolute Gasteiger partial charge is 0.224 e. The first-order valence-corrected chi connectivity index (χ1v) is 7.32. The zero-order valence-electron chi connectivity index (χ0n) is 12.1. The molecule has 1 aromatic heterocycles. The monoisotopic (exact) mass is 284 g/mol. The van der Waals surface area contributed by atoms with E-state index in [-0.39, 0.29) is 6.61 Å². The van der Waals surface area contributed by atoms with Crippen LogP contribution in [-0.4, -0.2) is 28.2 Å². The van der Waals surface area contributed by atoms with E-state index in [0.29, 0.717) is 18.4 Å². The van der Waals surface area contributed by atoms with Gasteiger partial charge >= 0.3 is 0 Å². The fourth-order valence-corrected chi connectivity index (χ4v) is 2.15. The molecular weight excluding hydrogens is 264 g/mol. The second-order valence-corrected chi connectivity index (χ2v) is 5.42. The minimum absolute atomic E-state index is 0.0672. The normalized spacial score (nSPS) is 14.0. The summed E-state index contributed by atoms with van der Waals surface area (Å²) in [6.45, 7) is 2.59. The number of hydrogen-bond donors (Lipinski definition) is 3. The highest BCUT2D eigenvalue weighted by atomic mass is 16.3. The van der Waals surface area contributed by atoms with Crippen molar-refractivity contribution in [1.29, 1.82) is 0 Å². The first-order chi connectivity index (χ1) is 10.2. The Balaban J connectivity index is 1.82. The van der Waals surface area contributed by atoms with E-state index in [2.05, 4.69) is 39.7 Å². The third kappa shape index (κ3) is 3.70. The van der Waals surface area contributed by atoms with Crippen LogP contribution in [0.5, 0.6) is 0 Å². The zero-order valence-corrected chi connectivity index (χ0v) is 12.1. The molecule has 0 bridgehead atoms. The van der Waals surface area contributed by atoms with Gasteiger partial charge in [-0.1, -0.05) is 17.7 Å². The average molecular weight is 284 g/mol. The Labute approximate surface area is 124 Å². The molecule has 0 spiro atoms. The number of aliphatic hydroxyl groups excluding tert-OH is 1. The molecule has 1 saturated carbocycles. The molecular formula is C16H20N4O. The molecule has 5 heteroatoms. The van der Waals surface area contributed by atoms with Crippen LogP contribution in [-0.2, 0) is 0 Å². The van der Waals surface area contributed by atoms with Crippen LogP contribution in [0.4, 0.5) is 17.5 Å². The van der Waals surface area contributed by atoms with Crippen molar-refractivity contribution in [3.63, 3.8) is 0 Å². The molecule has 1 aliphatic carbocycles. The number of nitrogens with one attached hydrogen (secondary N) is 2. The number of hydrogen-bond acceptors (Lipinski definition) is 5. The van der Waals surface area contributed by atoms with Crippen molar-refractivity contribution in [3.05, 3.63) is 41.6 Å². The van der Waals surface area contributed by atoms with Crippen molar-refractivity contribution < 1.29 is 5.11 Å². The second-order valence-electron chi connectivity index (χ2n) is 5.42. The summed E-state index contributed by atoms with van der Waals surface area (Å²) in [5, 5.41) is 15.3. The largest absolute Gasteiger partial charge is 0.395 e. The van der Waals surface area contributed by atoms with E-state index < -0.39 is 0 Å². The number of aliphatic hydroxyl groups is 1. The summed E-state index contributed by atoms with van der Waals surface area (Å²) in [4.78, 5) is 8.97. The molecule has 0 saturated heterocycles. The van der Waals surface area contributed by atoms with E-state index in [1.54, 1.807) is 0 Å². The standard InChI is InChI=1S/C16H20N4O/c1-11-2-6-13(7-3-11)18-15-10-14(12-4-5-12)19-16(20-15)17-8-9-21/h2-3,6-7,10,12,21H,4-5,8-9H2,1H3,(H2,17,18,19,20). The molecule has 110 valence electrons. The summed E-state index contributed by atoms with van der Waals surface area (Å²) in [6, 6.07) is 10.2. The maximum atomic E-state index is 8.92. The van der Waals surface area contributed by atoms with Crippen molar-refractivity contribution in [1.82, 2.24) is 9.97 Å². The van der Waals surface area contributed by atoms with E-state index in [9.17, 15) is 0 Å². The summed E-state index contributed by atoms with van der Waals surface area (Å²) >= 11 is 0. The lowest BCUT2D eigenvalue weighted by Gasteiger charge is -2.10. The SMILES string of the molecule is Cc1ccc(Nc2cc(C3CC3)nc(NCCO)n2)cc1. The Morgan fingerprint density at radius 1 is 1.19 bits per heavy atom. The number of benzene rings is 1. The first kappa shape index (κ1) is 13.8. The van der Waals surface area contributed by atoms with Gasteiger partial charge < -0.3 is 15.7 Å². The predicted molar refractivity (Wildman–Crippen MR) is 84.0 cm³/mol. The Bertz CT molecular complexity index is 608. The van der Waals surface area contributed by atoms with Gasteiger partial charge in [-0.25, -0.2) is 4.98 Å². The number of aromatic nitrogens is 2. The van der Waals surface area contributed by atoms with Gasteiger partial charge in [0.2, 0.25) is 5.95 Å². The van der Waals surface area contributed by atoms with Crippen LogP contribution < -0.4 is 10.6 Å². The van der Waals surface area contributed by atoms with Crippen LogP contribution in [0, 0.1) is 6.92 Å². The number of anilines is 3. The molecule has 0 atom stereocenters. The Kier molecular flexibility index (Phi) is 4.01. The van der Waals surface area contributed by atoms with E-state index in [4.69, 9.17) is 5.11 Å². The molecule has 21 heavy (non-hydrogen) atoms. The lowest BCUT2D eigenvalue weighted by molar-refractivity contribution is 0.311. The molecule has 0 amide bonds. The number of rotatable bonds is 6. The molecule has 2 aromatic rings. The maximum Gasteiger partial charge on any atom is 0.224 e. The molecule has 1 aromatic carbocycles. The Hall–Kier alpha value is -2.14. The van der Waals surface area contributed by atoms with Gasteiger partial charge in [0.25, 0.3) is 0 Å². The van der Waals surface area contributed by atoms with Gasteiger partial charge in [0.1, 0.15) is 5.82 Å². The lowest BCUT2D eigenvalue weighted by atomic mass is 10.2. The van der Waals surface area contributed by atoms with E-state index in [1.807, 2.05) is 18.2 Å². The molecule has 3 rings (SSSR count). The van der Waals surface area contributed by atoms with Gasteiger partial charge in [0.15, 0.2) is 0 Å². The van der Waals surface area contributed by atoms with Crippen LogP contribution in [0.25, 0.3) is 0 Å². The topological polar surface area (TPSA) is 70.1 Å². The zero-order chi connectivity index (χ0) is 14.7. The molecule has 0 radical (unpaired) electrons. The molecule has 1 aliphatic rings. The number of aryl methyl sites for hydroxylation is 1. The summed E-state index contributed by atoms with van der Waals surface area (Å²) in [5.41, 5.74) is 3.31. The highest BCUT2D eigenvalue weighted by Crippen LogP contribution is 2.40. The molecule has 3 N–H and O–H groups in total. The van der Waals surface area contributed by atoms with Crippen LogP contribution >= 0.6 is 0 Å². The average Bonchev–Trinajstić information content (AvgIpc) is 3.32. The quantitative estimate of drug-likeness (QED) is 0.761. The Morgan fingerprint density at radius 2 is 1.95 bits per heavy atom. The van der Waals surface area contributed by atoms with Gasteiger partial charge in [-0.15, -0.1) is 0 Å². The minimum atomic E-state index is 0.0672. The molecule has 1 fully saturated rings.